The normalized spacial score (nSPS) is 28.8. The highest BCUT2D eigenvalue weighted by molar-refractivity contribution is 5.83. The first-order valence-corrected chi connectivity index (χ1v) is 7.04. The highest BCUT2D eigenvalue weighted by Gasteiger charge is 2.47. The van der Waals surface area contributed by atoms with Crippen molar-refractivity contribution in [2.45, 2.75) is 18.8 Å². The Morgan fingerprint density at radius 3 is 2.90 bits per heavy atom. The maximum absolute atomic E-state index is 13.7. The number of halogens is 2. The summed E-state index contributed by atoms with van der Waals surface area (Å²) in [5.41, 5.74) is 5.94. The van der Waals surface area contributed by atoms with E-state index in [9.17, 15) is 13.6 Å². The Kier molecular flexibility index (Phi) is 3.46. The average Bonchev–Trinajstić information content (AvgIpc) is 3.09. The molecule has 5 heteroatoms. The van der Waals surface area contributed by atoms with Gasteiger partial charge in [-0.1, -0.05) is 0 Å². The molecule has 0 bridgehead atoms. The fraction of sp³-hybridized carbons (Fsp3) is 0.533. The van der Waals surface area contributed by atoms with Crippen molar-refractivity contribution in [1.82, 2.24) is 4.90 Å². The molecule has 1 saturated carbocycles. The van der Waals surface area contributed by atoms with Crippen molar-refractivity contribution in [2.24, 2.45) is 17.6 Å². The number of nitrogens with two attached hydrogens (primary N) is 1. The van der Waals surface area contributed by atoms with Crippen molar-refractivity contribution >= 4 is 5.91 Å². The SMILES string of the molecule is NC[C@@H]1CCN(C(=O)[C@H]2C[C@H]2c2cc(F)ccc2F)C1. The predicted molar refractivity (Wildman–Crippen MR) is 70.9 cm³/mol. The van der Waals surface area contributed by atoms with Gasteiger partial charge in [0.1, 0.15) is 11.6 Å². The molecule has 3 rings (SSSR count). The van der Waals surface area contributed by atoms with Crippen LogP contribution in [0.1, 0.15) is 24.3 Å². The van der Waals surface area contributed by atoms with Crippen molar-refractivity contribution in [1.29, 1.82) is 0 Å². The van der Waals surface area contributed by atoms with Crippen LogP contribution in [0.5, 0.6) is 0 Å². The Balaban J connectivity index is 1.67. The summed E-state index contributed by atoms with van der Waals surface area (Å²) in [5.74, 6) is -0.800. The van der Waals surface area contributed by atoms with Crippen molar-refractivity contribution in [3.05, 3.63) is 35.4 Å². The summed E-state index contributed by atoms with van der Waals surface area (Å²) in [7, 11) is 0. The van der Waals surface area contributed by atoms with Gasteiger partial charge in [-0.15, -0.1) is 0 Å². The van der Waals surface area contributed by atoms with Gasteiger partial charge in [0.05, 0.1) is 0 Å². The van der Waals surface area contributed by atoms with Crippen LogP contribution in [-0.2, 0) is 4.79 Å². The molecule has 0 spiro atoms. The number of amides is 1. The molecule has 1 saturated heterocycles. The lowest BCUT2D eigenvalue weighted by atomic mass is 10.1. The summed E-state index contributed by atoms with van der Waals surface area (Å²) in [6.45, 7) is 2.02. The van der Waals surface area contributed by atoms with E-state index < -0.39 is 11.6 Å². The second-order valence-corrected chi connectivity index (χ2v) is 5.79. The molecule has 20 heavy (non-hydrogen) atoms. The van der Waals surface area contributed by atoms with E-state index in [2.05, 4.69) is 0 Å². The molecule has 3 atom stereocenters. The molecular formula is C15H18F2N2O. The lowest BCUT2D eigenvalue weighted by molar-refractivity contribution is -0.131. The smallest absolute Gasteiger partial charge is 0.226 e. The molecule has 1 aliphatic carbocycles. The summed E-state index contributed by atoms with van der Waals surface area (Å²) in [6.07, 6.45) is 1.55. The van der Waals surface area contributed by atoms with Gasteiger partial charge in [-0.3, -0.25) is 4.79 Å². The van der Waals surface area contributed by atoms with E-state index in [1.165, 1.54) is 6.07 Å². The molecule has 1 aromatic carbocycles. The number of nitrogens with zero attached hydrogens (tertiary/aromatic N) is 1. The standard InChI is InChI=1S/C15H18F2N2O/c16-10-1-2-14(17)12(5-10)11-6-13(11)15(20)19-4-3-9(7-18)8-19/h1-2,5,9,11,13H,3-4,6-8,18H2/t9-,11-,13-/m0/s1. The number of rotatable bonds is 3. The van der Waals surface area contributed by atoms with Crippen LogP contribution in [0.15, 0.2) is 18.2 Å². The Labute approximate surface area is 116 Å². The van der Waals surface area contributed by atoms with Gasteiger partial charge in [-0.25, -0.2) is 8.78 Å². The van der Waals surface area contributed by atoms with E-state index in [-0.39, 0.29) is 17.7 Å². The maximum Gasteiger partial charge on any atom is 0.226 e. The van der Waals surface area contributed by atoms with Gasteiger partial charge < -0.3 is 10.6 Å². The first-order valence-electron chi connectivity index (χ1n) is 7.04. The molecule has 2 fully saturated rings. The third-order valence-corrected chi connectivity index (χ3v) is 4.40. The second kappa shape index (κ2) is 5.13. The van der Waals surface area contributed by atoms with Crippen LogP contribution >= 0.6 is 0 Å². The third kappa shape index (κ3) is 2.42. The van der Waals surface area contributed by atoms with Gasteiger partial charge >= 0.3 is 0 Å². The minimum atomic E-state index is -0.455. The fourth-order valence-electron chi connectivity index (χ4n) is 3.07. The number of likely N-dealkylation sites (tertiary alicyclic amines) is 1. The zero-order chi connectivity index (χ0) is 14.3. The number of hydrogen-bond acceptors (Lipinski definition) is 2. The summed E-state index contributed by atoms with van der Waals surface area (Å²) in [6, 6.07) is 3.44. The van der Waals surface area contributed by atoms with Gasteiger partial charge in [-0.2, -0.15) is 0 Å². The van der Waals surface area contributed by atoms with Crippen LogP contribution in [0.25, 0.3) is 0 Å². The van der Waals surface area contributed by atoms with Crippen molar-refractivity contribution < 1.29 is 13.6 Å². The molecule has 0 aromatic heterocycles. The highest BCUT2D eigenvalue weighted by Crippen LogP contribution is 2.49. The van der Waals surface area contributed by atoms with E-state index >= 15 is 0 Å². The molecule has 2 N–H and O–H groups in total. The number of benzene rings is 1. The quantitative estimate of drug-likeness (QED) is 0.919. The third-order valence-electron chi connectivity index (χ3n) is 4.40. The molecule has 2 aliphatic rings. The van der Waals surface area contributed by atoms with Crippen LogP contribution in [0, 0.1) is 23.5 Å². The summed E-state index contributed by atoms with van der Waals surface area (Å²) in [4.78, 5) is 14.1. The monoisotopic (exact) mass is 280 g/mol. The summed E-state index contributed by atoms with van der Waals surface area (Å²) in [5, 5.41) is 0. The van der Waals surface area contributed by atoms with Crippen molar-refractivity contribution in [3.8, 4) is 0 Å². The Morgan fingerprint density at radius 1 is 1.40 bits per heavy atom. The molecule has 1 heterocycles. The van der Waals surface area contributed by atoms with Crippen LogP contribution < -0.4 is 5.73 Å². The molecular weight excluding hydrogens is 262 g/mol. The van der Waals surface area contributed by atoms with Gasteiger partial charge in [-0.05, 0) is 55.0 Å². The van der Waals surface area contributed by atoms with E-state index in [0.717, 1.165) is 25.1 Å². The van der Waals surface area contributed by atoms with Crippen LogP contribution in [0.3, 0.4) is 0 Å². The van der Waals surface area contributed by atoms with Gasteiger partial charge in [0.15, 0.2) is 0 Å². The highest BCUT2D eigenvalue weighted by atomic mass is 19.1. The number of carbonyl (C=O) groups is 1. The average molecular weight is 280 g/mol. The lowest BCUT2D eigenvalue weighted by Gasteiger charge is -2.16. The topological polar surface area (TPSA) is 46.3 Å². The second-order valence-electron chi connectivity index (χ2n) is 5.79. The van der Waals surface area contributed by atoms with Crippen LogP contribution in [0.4, 0.5) is 8.78 Å². The Bertz CT molecular complexity index is 535. The van der Waals surface area contributed by atoms with Crippen molar-refractivity contribution in [3.63, 3.8) is 0 Å². The predicted octanol–water partition coefficient (Wildman–Crippen LogP) is 1.88. The van der Waals surface area contributed by atoms with E-state index in [0.29, 0.717) is 31.0 Å². The molecule has 1 aliphatic heterocycles. The van der Waals surface area contributed by atoms with Gasteiger partial charge in [0.2, 0.25) is 5.91 Å². The molecule has 108 valence electrons. The zero-order valence-electron chi connectivity index (χ0n) is 11.2. The zero-order valence-corrected chi connectivity index (χ0v) is 11.2. The summed E-state index contributed by atoms with van der Waals surface area (Å²) >= 11 is 0. The van der Waals surface area contributed by atoms with Crippen LogP contribution in [0.2, 0.25) is 0 Å². The summed E-state index contributed by atoms with van der Waals surface area (Å²) < 4.78 is 26.9. The fourth-order valence-corrected chi connectivity index (χ4v) is 3.07. The van der Waals surface area contributed by atoms with Gasteiger partial charge in [0, 0.05) is 19.0 Å². The first-order chi connectivity index (χ1) is 9.60. The largest absolute Gasteiger partial charge is 0.342 e. The number of hydrogen-bond donors (Lipinski definition) is 1. The number of carbonyl (C=O) groups excluding carboxylic acids is 1. The minimum Gasteiger partial charge on any atom is -0.342 e. The van der Waals surface area contributed by atoms with E-state index in [1.54, 1.807) is 0 Å². The Hall–Kier alpha value is -1.49. The van der Waals surface area contributed by atoms with E-state index in [4.69, 9.17) is 5.73 Å². The maximum atomic E-state index is 13.7. The lowest BCUT2D eigenvalue weighted by Crippen LogP contribution is -2.31. The minimum absolute atomic E-state index is 0.0645. The van der Waals surface area contributed by atoms with Crippen LogP contribution in [-0.4, -0.2) is 30.4 Å². The molecule has 1 amide bonds. The Morgan fingerprint density at radius 2 is 2.20 bits per heavy atom. The first kappa shape index (κ1) is 13.5. The van der Waals surface area contributed by atoms with E-state index in [1.807, 2.05) is 4.90 Å². The molecule has 3 nitrogen and oxygen atoms in total. The molecule has 0 unspecified atom stereocenters. The van der Waals surface area contributed by atoms with Gasteiger partial charge in [0.25, 0.3) is 0 Å². The molecule has 1 aromatic rings. The molecule has 0 radical (unpaired) electrons. The van der Waals surface area contributed by atoms with Crippen molar-refractivity contribution in [2.75, 3.05) is 19.6 Å².